The lowest BCUT2D eigenvalue weighted by molar-refractivity contribution is -0.151. The van der Waals surface area contributed by atoms with Crippen molar-refractivity contribution in [1.82, 2.24) is 20.0 Å². The van der Waals surface area contributed by atoms with E-state index in [9.17, 15) is 29.1 Å². The lowest BCUT2D eigenvalue weighted by atomic mass is 10.0. The fourth-order valence-electron chi connectivity index (χ4n) is 6.45. The van der Waals surface area contributed by atoms with E-state index < -0.39 is 42.1 Å². The molecule has 0 unspecified atom stereocenters. The lowest BCUT2D eigenvalue weighted by Crippen LogP contribution is -2.57. The maximum absolute atomic E-state index is 13.8. The molecule has 12 heteroatoms. The van der Waals surface area contributed by atoms with E-state index >= 15 is 0 Å². The summed E-state index contributed by atoms with van der Waals surface area (Å²) < 4.78 is 0. The van der Waals surface area contributed by atoms with Crippen LogP contribution in [0.1, 0.15) is 63.4 Å². The van der Waals surface area contributed by atoms with Crippen LogP contribution in [0.15, 0.2) is 30.3 Å². The quantitative estimate of drug-likeness (QED) is 0.252. The average Bonchev–Trinajstić information content (AvgIpc) is 3.77. The molecule has 5 atom stereocenters. The van der Waals surface area contributed by atoms with Gasteiger partial charge in [-0.15, -0.1) is 0 Å². The summed E-state index contributed by atoms with van der Waals surface area (Å²) in [4.78, 5) is 70.4. The molecule has 3 heterocycles. The van der Waals surface area contributed by atoms with Gasteiger partial charge in [0.2, 0.25) is 23.6 Å². The molecule has 0 bridgehead atoms. The van der Waals surface area contributed by atoms with Gasteiger partial charge in [-0.2, -0.15) is 0 Å². The molecular formula is C30H44N6O6. The Labute approximate surface area is 246 Å². The van der Waals surface area contributed by atoms with Crippen LogP contribution in [0.4, 0.5) is 0 Å². The highest BCUT2D eigenvalue weighted by atomic mass is 16.4. The van der Waals surface area contributed by atoms with Gasteiger partial charge in [-0.05, 0) is 76.3 Å². The van der Waals surface area contributed by atoms with E-state index in [1.807, 2.05) is 30.3 Å². The predicted octanol–water partition coefficient (Wildman–Crippen LogP) is 0.228. The van der Waals surface area contributed by atoms with Crippen molar-refractivity contribution < 1.29 is 29.1 Å². The molecular weight excluding hydrogens is 540 g/mol. The van der Waals surface area contributed by atoms with Crippen molar-refractivity contribution >= 4 is 29.6 Å². The van der Waals surface area contributed by atoms with Gasteiger partial charge >= 0.3 is 5.97 Å². The standard InChI is InChI=1S/C30H44N6O6/c31-15-5-4-11-22(30(41)42)33-26(37)23-12-6-16-34(23)28(39)25-14-8-18-36(25)29(40)24-13-7-17-35(24)27(38)21(32)19-20-9-2-1-3-10-20/h1-3,9-10,21-25H,4-8,11-19,31-32H2,(H,33,37)(H,41,42)/t21-,22-,23-,24-,25-/m0/s1. The summed E-state index contributed by atoms with van der Waals surface area (Å²) in [6, 6.07) is 5.50. The largest absolute Gasteiger partial charge is 0.480 e. The van der Waals surface area contributed by atoms with Crippen molar-refractivity contribution in [2.75, 3.05) is 26.2 Å². The van der Waals surface area contributed by atoms with Gasteiger partial charge in [-0.25, -0.2) is 4.79 Å². The van der Waals surface area contributed by atoms with Crippen LogP contribution in [0.25, 0.3) is 0 Å². The number of benzene rings is 1. The lowest BCUT2D eigenvalue weighted by Gasteiger charge is -2.34. The summed E-state index contributed by atoms with van der Waals surface area (Å²) in [6.07, 6.45) is 5.19. The Morgan fingerprint density at radius 1 is 0.833 bits per heavy atom. The van der Waals surface area contributed by atoms with E-state index in [0.717, 1.165) is 5.56 Å². The number of carbonyl (C=O) groups is 5. The number of likely N-dealkylation sites (tertiary alicyclic amines) is 3. The number of carboxylic acids is 1. The molecule has 0 saturated carbocycles. The van der Waals surface area contributed by atoms with Crippen molar-refractivity contribution in [3.05, 3.63) is 35.9 Å². The van der Waals surface area contributed by atoms with Gasteiger partial charge < -0.3 is 36.6 Å². The van der Waals surface area contributed by atoms with Gasteiger partial charge in [0.1, 0.15) is 24.2 Å². The Bertz CT molecular complexity index is 1130. The minimum atomic E-state index is -1.12. The van der Waals surface area contributed by atoms with Gasteiger partial charge in [0.25, 0.3) is 0 Å². The second-order valence-corrected chi connectivity index (χ2v) is 11.5. The summed E-state index contributed by atoms with van der Waals surface area (Å²) in [7, 11) is 0. The average molecular weight is 585 g/mol. The molecule has 4 amide bonds. The number of hydrogen-bond donors (Lipinski definition) is 4. The highest BCUT2D eigenvalue weighted by Crippen LogP contribution is 2.29. The third-order valence-electron chi connectivity index (χ3n) is 8.66. The summed E-state index contributed by atoms with van der Waals surface area (Å²) >= 11 is 0. The van der Waals surface area contributed by atoms with Crippen molar-refractivity contribution in [2.45, 2.75) is 94.4 Å². The molecule has 1 aromatic carbocycles. The molecule has 1 aromatic rings. The maximum atomic E-state index is 13.8. The van der Waals surface area contributed by atoms with E-state index in [4.69, 9.17) is 11.5 Å². The molecule has 12 nitrogen and oxygen atoms in total. The second kappa shape index (κ2) is 14.6. The first-order chi connectivity index (χ1) is 20.2. The van der Waals surface area contributed by atoms with Crippen LogP contribution >= 0.6 is 0 Å². The first kappa shape index (κ1) is 31.4. The molecule has 0 aliphatic carbocycles. The molecule has 0 aromatic heterocycles. The molecule has 3 fully saturated rings. The molecule has 42 heavy (non-hydrogen) atoms. The highest BCUT2D eigenvalue weighted by Gasteiger charge is 2.46. The van der Waals surface area contributed by atoms with Crippen LogP contribution in [-0.2, 0) is 30.4 Å². The van der Waals surface area contributed by atoms with Gasteiger partial charge in [0, 0.05) is 19.6 Å². The van der Waals surface area contributed by atoms with Gasteiger partial charge in [-0.3, -0.25) is 19.2 Å². The topological polar surface area (TPSA) is 179 Å². The fraction of sp³-hybridized carbons (Fsp3) is 0.633. The molecule has 4 rings (SSSR count). The van der Waals surface area contributed by atoms with Crippen LogP contribution in [-0.4, -0.2) is 106 Å². The summed E-state index contributed by atoms with van der Waals surface area (Å²) in [6.45, 7) is 1.64. The van der Waals surface area contributed by atoms with E-state index in [2.05, 4.69) is 5.32 Å². The fourth-order valence-corrected chi connectivity index (χ4v) is 6.45. The van der Waals surface area contributed by atoms with Crippen molar-refractivity contribution in [3.8, 4) is 0 Å². The van der Waals surface area contributed by atoms with Crippen LogP contribution in [0.2, 0.25) is 0 Å². The SMILES string of the molecule is NCCCC[C@H](NC(=O)[C@@H]1CCCN1C(=O)[C@@H]1CCCN1C(=O)[C@@H]1CCCN1C(=O)[C@@H](N)Cc1ccccc1)C(=O)O. The number of aliphatic carboxylic acids is 1. The second-order valence-electron chi connectivity index (χ2n) is 11.5. The minimum absolute atomic E-state index is 0.255. The number of carbonyl (C=O) groups excluding carboxylic acids is 4. The number of unbranched alkanes of at least 4 members (excludes halogenated alkanes) is 1. The Kier molecular flexibility index (Phi) is 10.9. The normalized spacial score (nSPS) is 23.6. The molecule has 6 N–H and O–H groups in total. The molecule has 3 saturated heterocycles. The van der Waals surface area contributed by atoms with Crippen LogP contribution in [0, 0.1) is 0 Å². The number of hydrogen-bond acceptors (Lipinski definition) is 7. The van der Waals surface area contributed by atoms with Crippen LogP contribution in [0.3, 0.4) is 0 Å². The highest BCUT2D eigenvalue weighted by molar-refractivity contribution is 5.96. The smallest absolute Gasteiger partial charge is 0.326 e. The van der Waals surface area contributed by atoms with E-state index in [-0.39, 0.29) is 24.1 Å². The van der Waals surface area contributed by atoms with E-state index in [1.54, 1.807) is 9.80 Å². The van der Waals surface area contributed by atoms with E-state index in [0.29, 0.717) is 84.0 Å². The first-order valence-corrected chi connectivity index (χ1v) is 15.2. The third-order valence-corrected chi connectivity index (χ3v) is 8.66. The monoisotopic (exact) mass is 584 g/mol. The molecule has 0 spiro atoms. The molecule has 230 valence electrons. The molecule has 3 aliphatic heterocycles. The zero-order valence-corrected chi connectivity index (χ0v) is 24.2. The van der Waals surface area contributed by atoms with Crippen molar-refractivity contribution in [2.24, 2.45) is 11.5 Å². The number of nitrogens with zero attached hydrogens (tertiary/aromatic N) is 3. The maximum Gasteiger partial charge on any atom is 0.326 e. The Morgan fingerprint density at radius 2 is 1.38 bits per heavy atom. The van der Waals surface area contributed by atoms with Crippen LogP contribution < -0.4 is 16.8 Å². The molecule has 0 radical (unpaired) electrons. The number of amides is 4. The number of carboxylic acid groups (broad SMARTS) is 1. The Morgan fingerprint density at radius 3 is 1.98 bits per heavy atom. The Balaban J connectivity index is 1.40. The molecule has 3 aliphatic rings. The number of nitrogens with two attached hydrogens (primary N) is 2. The first-order valence-electron chi connectivity index (χ1n) is 15.2. The zero-order valence-electron chi connectivity index (χ0n) is 24.2. The van der Waals surface area contributed by atoms with Gasteiger partial charge in [-0.1, -0.05) is 30.3 Å². The summed E-state index contributed by atoms with van der Waals surface area (Å²) in [5.74, 6) is -2.44. The minimum Gasteiger partial charge on any atom is -0.480 e. The number of rotatable bonds is 12. The van der Waals surface area contributed by atoms with Gasteiger partial charge in [0.05, 0.1) is 6.04 Å². The predicted molar refractivity (Wildman–Crippen MR) is 155 cm³/mol. The zero-order chi connectivity index (χ0) is 30.2. The number of nitrogens with one attached hydrogen (secondary N) is 1. The van der Waals surface area contributed by atoms with Gasteiger partial charge in [0.15, 0.2) is 0 Å². The Hall–Kier alpha value is -3.51. The third kappa shape index (κ3) is 7.27. The summed E-state index contributed by atoms with van der Waals surface area (Å²) in [5, 5.41) is 12.2. The van der Waals surface area contributed by atoms with Crippen molar-refractivity contribution in [3.63, 3.8) is 0 Å². The van der Waals surface area contributed by atoms with Crippen molar-refractivity contribution in [1.29, 1.82) is 0 Å². The van der Waals surface area contributed by atoms with Crippen LogP contribution in [0.5, 0.6) is 0 Å². The van der Waals surface area contributed by atoms with E-state index in [1.165, 1.54) is 4.90 Å². The summed E-state index contributed by atoms with van der Waals surface area (Å²) in [5.41, 5.74) is 12.7.